The lowest BCUT2D eigenvalue weighted by Crippen LogP contribution is -2.28. The summed E-state index contributed by atoms with van der Waals surface area (Å²) in [5.74, 6) is 0.696. The molecule has 0 atom stereocenters. The Morgan fingerprint density at radius 3 is 1.48 bits per heavy atom. The molecule has 10 aromatic carbocycles. The van der Waals surface area contributed by atoms with Crippen molar-refractivity contribution in [1.82, 2.24) is 9.97 Å². The molecule has 294 valence electrons. The third-order valence-corrected chi connectivity index (χ3v) is 13.0. The maximum absolute atomic E-state index is 5.36. The summed E-state index contributed by atoms with van der Waals surface area (Å²) in [6, 6.07) is 87.8. The maximum atomic E-state index is 5.36. The van der Waals surface area contributed by atoms with E-state index in [2.05, 4.69) is 237 Å². The smallest absolute Gasteiger partial charge is 0.160 e. The van der Waals surface area contributed by atoms with Gasteiger partial charge in [0.15, 0.2) is 5.82 Å². The number of rotatable bonds is 7. The van der Waals surface area contributed by atoms with Crippen molar-refractivity contribution in [3.05, 3.63) is 265 Å². The predicted molar refractivity (Wildman–Crippen MR) is 262 cm³/mol. The molecule has 0 aliphatic heterocycles. The van der Waals surface area contributed by atoms with Gasteiger partial charge in [-0.2, -0.15) is 0 Å². The standard InChI is InChI=1S/C61H40N2/c1-5-19-41(20-6-1)45-37-43-23-13-14-28-48(43)55(38-45)59-40-58(62-60(63-59)42-21-7-2-8-22-42)54-36-35-49(50-29-15-16-30-51(50)54)44-33-34-53-52-31-17-18-32-56(52)61(57(53)39-44,46-24-9-3-10-25-46)47-26-11-4-12-27-47/h1-40H. The lowest BCUT2D eigenvalue weighted by atomic mass is 9.67. The van der Waals surface area contributed by atoms with Crippen LogP contribution in [0.2, 0.25) is 0 Å². The average Bonchev–Trinajstić information content (AvgIpc) is 3.67. The zero-order valence-corrected chi connectivity index (χ0v) is 34.5. The molecule has 1 aliphatic rings. The first-order valence-electron chi connectivity index (χ1n) is 21.6. The lowest BCUT2D eigenvalue weighted by Gasteiger charge is -2.34. The van der Waals surface area contributed by atoms with Gasteiger partial charge in [-0.25, -0.2) is 9.97 Å². The fourth-order valence-corrected chi connectivity index (χ4v) is 10.1. The van der Waals surface area contributed by atoms with Crippen LogP contribution in [0.3, 0.4) is 0 Å². The van der Waals surface area contributed by atoms with Crippen LogP contribution in [0.15, 0.2) is 243 Å². The van der Waals surface area contributed by atoms with E-state index in [1.54, 1.807) is 0 Å². The first kappa shape index (κ1) is 36.6. The third-order valence-electron chi connectivity index (χ3n) is 13.0. The molecular formula is C61H40N2. The van der Waals surface area contributed by atoms with Crippen molar-refractivity contribution >= 4 is 21.5 Å². The number of nitrogens with zero attached hydrogens (tertiary/aromatic N) is 2. The number of hydrogen-bond acceptors (Lipinski definition) is 2. The molecule has 1 heterocycles. The number of hydrogen-bond donors (Lipinski definition) is 0. The summed E-state index contributed by atoms with van der Waals surface area (Å²) in [5, 5.41) is 4.64. The highest BCUT2D eigenvalue weighted by Crippen LogP contribution is 2.57. The highest BCUT2D eigenvalue weighted by molar-refractivity contribution is 6.06. The van der Waals surface area contributed by atoms with Gasteiger partial charge in [-0.1, -0.05) is 218 Å². The molecule has 0 spiro atoms. The third kappa shape index (κ3) is 6.02. The summed E-state index contributed by atoms with van der Waals surface area (Å²) in [4.78, 5) is 10.7. The molecule has 0 radical (unpaired) electrons. The first-order chi connectivity index (χ1) is 31.2. The SMILES string of the molecule is c1ccc(-c2cc(-c3cc(-c4ccc(-c5ccc6c(c5)C(c5ccccc5)(c5ccccc5)c5ccccc5-6)c5ccccc45)nc(-c4ccccc4)n3)c3ccccc3c2)cc1. The van der Waals surface area contributed by atoms with E-state index in [1.165, 1.54) is 60.8 Å². The zero-order chi connectivity index (χ0) is 41.7. The van der Waals surface area contributed by atoms with Crippen LogP contribution in [0, 0.1) is 0 Å². The van der Waals surface area contributed by atoms with E-state index in [0.717, 1.165) is 44.4 Å². The number of benzene rings is 10. The van der Waals surface area contributed by atoms with Crippen LogP contribution < -0.4 is 0 Å². The summed E-state index contributed by atoms with van der Waals surface area (Å²) < 4.78 is 0. The van der Waals surface area contributed by atoms with Crippen molar-refractivity contribution in [2.24, 2.45) is 0 Å². The summed E-state index contributed by atoms with van der Waals surface area (Å²) in [6.45, 7) is 0. The van der Waals surface area contributed by atoms with E-state index in [0.29, 0.717) is 5.82 Å². The highest BCUT2D eigenvalue weighted by atomic mass is 14.9. The van der Waals surface area contributed by atoms with Crippen LogP contribution in [-0.4, -0.2) is 9.97 Å². The van der Waals surface area contributed by atoms with E-state index in [9.17, 15) is 0 Å². The van der Waals surface area contributed by atoms with Crippen LogP contribution >= 0.6 is 0 Å². The van der Waals surface area contributed by atoms with Crippen LogP contribution in [0.4, 0.5) is 0 Å². The second kappa shape index (κ2) is 15.1. The molecule has 1 aliphatic carbocycles. The summed E-state index contributed by atoms with van der Waals surface area (Å²) in [7, 11) is 0. The molecule has 63 heavy (non-hydrogen) atoms. The Hall–Kier alpha value is -8.20. The van der Waals surface area contributed by atoms with Gasteiger partial charge in [-0.05, 0) is 101 Å². The van der Waals surface area contributed by atoms with Crippen LogP contribution in [0.25, 0.3) is 88.8 Å². The molecule has 0 saturated carbocycles. The Morgan fingerprint density at radius 2 is 0.778 bits per heavy atom. The molecule has 0 N–H and O–H groups in total. The molecule has 0 unspecified atom stereocenters. The minimum Gasteiger partial charge on any atom is -0.228 e. The van der Waals surface area contributed by atoms with Crippen molar-refractivity contribution in [2.75, 3.05) is 0 Å². The van der Waals surface area contributed by atoms with Crippen molar-refractivity contribution in [3.63, 3.8) is 0 Å². The van der Waals surface area contributed by atoms with Gasteiger partial charge in [0.2, 0.25) is 0 Å². The molecule has 0 bridgehead atoms. The van der Waals surface area contributed by atoms with Gasteiger partial charge >= 0.3 is 0 Å². The molecule has 11 aromatic rings. The van der Waals surface area contributed by atoms with Gasteiger partial charge < -0.3 is 0 Å². The quantitative estimate of drug-likeness (QED) is 0.160. The van der Waals surface area contributed by atoms with Crippen molar-refractivity contribution in [2.45, 2.75) is 5.41 Å². The number of fused-ring (bicyclic) bond motifs is 5. The zero-order valence-electron chi connectivity index (χ0n) is 34.5. The van der Waals surface area contributed by atoms with Crippen LogP contribution in [0.5, 0.6) is 0 Å². The Balaban J connectivity index is 1.06. The minimum absolute atomic E-state index is 0.479. The molecule has 1 aromatic heterocycles. The van der Waals surface area contributed by atoms with Gasteiger partial charge in [-0.15, -0.1) is 0 Å². The van der Waals surface area contributed by atoms with E-state index >= 15 is 0 Å². The van der Waals surface area contributed by atoms with E-state index < -0.39 is 5.41 Å². The summed E-state index contributed by atoms with van der Waals surface area (Å²) in [6.07, 6.45) is 0. The largest absolute Gasteiger partial charge is 0.228 e. The minimum atomic E-state index is -0.479. The Kier molecular flexibility index (Phi) is 8.76. The normalized spacial score (nSPS) is 12.6. The Labute approximate surface area is 367 Å². The Morgan fingerprint density at radius 1 is 0.270 bits per heavy atom. The van der Waals surface area contributed by atoms with Crippen LogP contribution in [0.1, 0.15) is 22.3 Å². The fraction of sp³-hybridized carbons (Fsp3) is 0.0164. The first-order valence-corrected chi connectivity index (χ1v) is 21.6. The van der Waals surface area contributed by atoms with Gasteiger partial charge in [0.05, 0.1) is 16.8 Å². The van der Waals surface area contributed by atoms with Gasteiger partial charge in [0.25, 0.3) is 0 Å². The van der Waals surface area contributed by atoms with Crippen LogP contribution in [-0.2, 0) is 5.41 Å². The fourth-order valence-electron chi connectivity index (χ4n) is 10.1. The molecule has 0 saturated heterocycles. The van der Waals surface area contributed by atoms with Crippen molar-refractivity contribution in [3.8, 4) is 67.3 Å². The number of aromatic nitrogens is 2. The van der Waals surface area contributed by atoms with Crippen molar-refractivity contribution < 1.29 is 0 Å². The average molecular weight is 801 g/mol. The molecule has 12 rings (SSSR count). The second-order valence-electron chi connectivity index (χ2n) is 16.4. The van der Waals surface area contributed by atoms with Gasteiger partial charge in [0, 0.05) is 16.7 Å². The Bertz CT molecular complexity index is 3450. The second-order valence-corrected chi connectivity index (χ2v) is 16.4. The topological polar surface area (TPSA) is 25.8 Å². The lowest BCUT2D eigenvalue weighted by molar-refractivity contribution is 0.769. The molecule has 2 nitrogen and oxygen atoms in total. The molecular weight excluding hydrogens is 761 g/mol. The summed E-state index contributed by atoms with van der Waals surface area (Å²) >= 11 is 0. The summed E-state index contributed by atoms with van der Waals surface area (Å²) in [5.41, 5.74) is 16.8. The van der Waals surface area contributed by atoms with Gasteiger partial charge in [-0.3, -0.25) is 0 Å². The molecule has 0 fully saturated rings. The monoisotopic (exact) mass is 800 g/mol. The van der Waals surface area contributed by atoms with Crippen molar-refractivity contribution in [1.29, 1.82) is 0 Å². The predicted octanol–water partition coefficient (Wildman–Crippen LogP) is 15.5. The highest BCUT2D eigenvalue weighted by Gasteiger charge is 2.46. The van der Waals surface area contributed by atoms with E-state index in [-0.39, 0.29) is 0 Å². The van der Waals surface area contributed by atoms with E-state index in [1.807, 2.05) is 6.07 Å². The molecule has 0 amide bonds. The molecule has 2 heteroatoms. The maximum Gasteiger partial charge on any atom is 0.160 e. The van der Waals surface area contributed by atoms with Gasteiger partial charge in [0.1, 0.15) is 0 Å². The van der Waals surface area contributed by atoms with E-state index in [4.69, 9.17) is 9.97 Å².